The molecule has 1 aromatic rings. The molecule has 0 aliphatic heterocycles. The molecule has 0 spiro atoms. The van der Waals surface area contributed by atoms with E-state index >= 15 is 0 Å². The van der Waals surface area contributed by atoms with Gasteiger partial charge >= 0.3 is 0 Å². The van der Waals surface area contributed by atoms with Crippen LogP contribution in [0.4, 0.5) is 0 Å². The van der Waals surface area contributed by atoms with Crippen molar-refractivity contribution in [3.63, 3.8) is 0 Å². The number of ether oxygens (including phenoxy) is 3. The number of allylic oxidation sites excluding steroid dienone is 1. The number of methoxy groups -OCH3 is 3. The van der Waals surface area contributed by atoms with Crippen LogP contribution in [0, 0.1) is 0 Å². The highest BCUT2D eigenvalue weighted by Gasteiger charge is 2.11. The highest BCUT2D eigenvalue weighted by molar-refractivity contribution is 5.94. The van der Waals surface area contributed by atoms with Crippen LogP contribution in [0.5, 0.6) is 17.2 Å². The van der Waals surface area contributed by atoms with Crippen molar-refractivity contribution >= 4 is 11.9 Å². The van der Waals surface area contributed by atoms with E-state index in [0.29, 0.717) is 23.7 Å². The molecule has 0 N–H and O–H groups in total. The molecule has 4 heteroatoms. The van der Waals surface area contributed by atoms with E-state index in [1.807, 2.05) is 0 Å². The number of benzene rings is 1. The summed E-state index contributed by atoms with van der Waals surface area (Å²) in [5.74, 6) is 2.00. The average Bonchev–Trinajstić information content (AvgIpc) is 2.55. The SMILES string of the molecule is CCCCCCC(=O)/C=C\c1c(OC)cc(OC)cc1OC. The summed E-state index contributed by atoms with van der Waals surface area (Å²) in [5, 5.41) is 0. The first-order valence-electron chi connectivity index (χ1n) is 7.67. The minimum absolute atomic E-state index is 0.121. The van der Waals surface area contributed by atoms with Gasteiger partial charge in [0, 0.05) is 18.6 Å². The molecular formula is C18H26O4. The number of hydrogen-bond donors (Lipinski definition) is 0. The third kappa shape index (κ3) is 5.43. The van der Waals surface area contributed by atoms with Gasteiger partial charge in [-0.3, -0.25) is 4.79 Å². The molecular weight excluding hydrogens is 280 g/mol. The molecule has 0 bridgehead atoms. The molecule has 0 heterocycles. The van der Waals surface area contributed by atoms with Crippen molar-refractivity contribution in [2.75, 3.05) is 21.3 Å². The summed E-state index contributed by atoms with van der Waals surface area (Å²) in [6, 6.07) is 3.54. The molecule has 0 radical (unpaired) electrons. The first-order valence-corrected chi connectivity index (χ1v) is 7.67. The van der Waals surface area contributed by atoms with E-state index in [1.54, 1.807) is 45.6 Å². The van der Waals surface area contributed by atoms with Gasteiger partial charge in [0.05, 0.1) is 26.9 Å². The maximum Gasteiger partial charge on any atom is 0.155 e. The van der Waals surface area contributed by atoms with Crippen LogP contribution in [0.2, 0.25) is 0 Å². The Morgan fingerprint density at radius 3 is 2.14 bits per heavy atom. The predicted molar refractivity (Wildman–Crippen MR) is 88.9 cm³/mol. The summed E-state index contributed by atoms with van der Waals surface area (Å²) >= 11 is 0. The van der Waals surface area contributed by atoms with Gasteiger partial charge < -0.3 is 14.2 Å². The minimum Gasteiger partial charge on any atom is -0.496 e. The maximum atomic E-state index is 11.9. The van der Waals surface area contributed by atoms with Crippen molar-refractivity contribution in [1.29, 1.82) is 0 Å². The lowest BCUT2D eigenvalue weighted by atomic mass is 10.1. The number of ketones is 1. The Labute approximate surface area is 133 Å². The van der Waals surface area contributed by atoms with Gasteiger partial charge in [0.1, 0.15) is 17.2 Å². The molecule has 0 amide bonds. The molecule has 0 fully saturated rings. The Morgan fingerprint density at radius 2 is 1.64 bits per heavy atom. The number of rotatable bonds is 10. The smallest absolute Gasteiger partial charge is 0.155 e. The maximum absolute atomic E-state index is 11.9. The lowest BCUT2D eigenvalue weighted by Gasteiger charge is -2.12. The molecule has 0 unspecified atom stereocenters. The second-order valence-corrected chi connectivity index (χ2v) is 5.06. The molecule has 0 saturated heterocycles. The first kappa shape index (κ1) is 18.1. The van der Waals surface area contributed by atoms with Crippen LogP contribution in [-0.2, 0) is 4.79 Å². The molecule has 1 rings (SSSR count). The highest BCUT2D eigenvalue weighted by Crippen LogP contribution is 2.35. The van der Waals surface area contributed by atoms with E-state index in [1.165, 1.54) is 12.8 Å². The van der Waals surface area contributed by atoms with Crippen molar-refractivity contribution in [2.45, 2.75) is 39.0 Å². The molecule has 122 valence electrons. The van der Waals surface area contributed by atoms with E-state index in [0.717, 1.165) is 18.4 Å². The minimum atomic E-state index is 0.121. The van der Waals surface area contributed by atoms with Crippen molar-refractivity contribution in [3.05, 3.63) is 23.8 Å². The predicted octanol–water partition coefficient (Wildman–Crippen LogP) is 4.27. The van der Waals surface area contributed by atoms with Gasteiger partial charge in [-0.1, -0.05) is 26.2 Å². The Balaban J connectivity index is 2.82. The summed E-state index contributed by atoms with van der Waals surface area (Å²) in [6.45, 7) is 2.16. The fourth-order valence-corrected chi connectivity index (χ4v) is 2.18. The van der Waals surface area contributed by atoms with Crippen LogP contribution in [0.3, 0.4) is 0 Å². The van der Waals surface area contributed by atoms with Crippen LogP contribution in [0.15, 0.2) is 18.2 Å². The number of hydrogen-bond acceptors (Lipinski definition) is 4. The van der Waals surface area contributed by atoms with Crippen molar-refractivity contribution in [1.82, 2.24) is 0 Å². The van der Waals surface area contributed by atoms with E-state index in [4.69, 9.17) is 14.2 Å². The molecule has 0 saturated carbocycles. The van der Waals surface area contributed by atoms with Gasteiger partial charge in [0.25, 0.3) is 0 Å². The molecule has 0 aliphatic carbocycles. The topological polar surface area (TPSA) is 44.8 Å². The van der Waals surface area contributed by atoms with Crippen molar-refractivity contribution < 1.29 is 19.0 Å². The zero-order valence-electron chi connectivity index (χ0n) is 14.0. The number of carbonyl (C=O) groups excluding carboxylic acids is 1. The van der Waals surface area contributed by atoms with E-state index in [9.17, 15) is 4.79 Å². The van der Waals surface area contributed by atoms with Gasteiger partial charge in [0.15, 0.2) is 5.78 Å². The Kier molecular flexibility index (Phi) is 8.11. The molecule has 1 aromatic carbocycles. The second-order valence-electron chi connectivity index (χ2n) is 5.06. The highest BCUT2D eigenvalue weighted by atomic mass is 16.5. The van der Waals surface area contributed by atoms with Gasteiger partial charge in [-0.15, -0.1) is 0 Å². The molecule has 4 nitrogen and oxygen atoms in total. The summed E-state index contributed by atoms with van der Waals surface area (Å²) in [6.07, 6.45) is 8.32. The van der Waals surface area contributed by atoms with E-state index in [2.05, 4.69) is 6.92 Å². The van der Waals surface area contributed by atoms with Crippen LogP contribution in [-0.4, -0.2) is 27.1 Å². The van der Waals surface area contributed by atoms with Gasteiger partial charge in [-0.2, -0.15) is 0 Å². The molecule has 0 aliphatic rings. The summed E-state index contributed by atoms with van der Waals surface area (Å²) in [7, 11) is 4.75. The van der Waals surface area contributed by atoms with Crippen LogP contribution < -0.4 is 14.2 Å². The van der Waals surface area contributed by atoms with Crippen molar-refractivity contribution in [2.24, 2.45) is 0 Å². The Morgan fingerprint density at radius 1 is 1.00 bits per heavy atom. The standard InChI is InChI=1S/C18H26O4/c1-5-6-7-8-9-14(19)10-11-16-17(21-3)12-15(20-2)13-18(16)22-4/h10-13H,5-9H2,1-4H3/b11-10-. The van der Waals surface area contributed by atoms with Crippen LogP contribution in [0.25, 0.3) is 6.08 Å². The summed E-state index contributed by atoms with van der Waals surface area (Å²) in [4.78, 5) is 11.9. The molecule has 22 heavy (non-hydrogen) atoms. The second kappa shape index (κ2) is 9.87. The van der Waals surface area contributed by atoms with Crippen LogP contribution >= 0.6 is 0 Å². The third-order valence-electron chi connectivity index (χ3n) is 3.47. The lowest BCUT2D eigenvalue weighted by molar-refractivity contribution is -0.114. The Bertz CT molecular complexity index is 481. The number of unbranched alkanes of at least 4 members (excludes halogenated alkanes) is 3. The lowest BCUT2D eigenvalue weighted by Crippen LogP contribution is -1.96. The number of carbonyl (C=O) groups is 1. The summed E-state index contributed by atoms with van der Waals surface area (Å²) < 4.78 is 15.9. The van der Waals surface area contributed by atoms with E-state index < -0.39 is 0 Å². The fourth-order valence-electron chi connectivity index (χ4n) is 2.18. The Hall–Kier alpha value is -1.97. The normalized spacial score (nSPS) is 10.7. The quantitative estimate of drug-likeness (QED) is 0.478. The van der Waals surface area contributed by atoms with Crippen LogP contribution in [0.1, 0.15) is 44.6 Å². The molecule has 0 aromatic heterocycles. The monoisotopic (exact) mass is 306 g/mol. The van der Waals surface area contributed by atoms with Gasteiger partial charge in [-0.05, 0) is 18.6 Å². The average molecular weight is 306 g/mol. The first-order chi connectivity index (χ1) is 10.7. The largest absolute Gasteiger partial charge is 0.496 e. The third-order valence-corrected chi connectivity index (χ3v) is 3.47. The van der Waals surface area contributed by atoms with Gasteiger partial charge in [-0.25, -0.2) is 0 Å². The summed E-state index contributed by atoms with van der Waals surface area (Å²) in [5.41, 5.74) is 0.743. The fraction of sp³-hybridized carbons (Fsp3) is 0.500. The molecule has 0 atom stereocenters. The van der Waals surface area contributed by atoms with E-state index in [-0.39, 0.29) is 5.78 Å². The zero-order chi connectivity index (χ0) is 16.4. The van der Waals surface area contributed by atoms with Crippen molar-refractivity contribution in [3.8, 4) is 17.2 Å². The van der Waals surface area contributed by atoms with Gasteiger partial charge in [0.2, 0.25) is 0 Å². The zero-order valence-corrected chi connectivity index (χ0v) is 14.0.